The number of carboxylic acids is 2. The number of carboxylic acid groups (broad SMARTS) is 2. The van der Waals surface area contributed by atoms with E-state index in [4.69, 9.17) is 10.2 Å². The van der Waals surface area contributed by atoms with Crippen molar-refractivity contribution in [2.75, 3.05) is 0 Å². The van der Waals surface area contributed by atoms with E-state index in [1.165, 1.54) is 0 Å². The van der Waals surface area contributed by atoms with E-state index in [1.807, 2.05) is 0 Å². The van der Waals surface area contributed by atoms with Crippen LogP contribution in [0.1, 0.15) is 25.7 Å². The molecule has 20 heavy (non-hydrogen) atoms. The highest BCUT2D eigenvalue weighted by atomic mass is 16.4. The molecule has 0 heterocycles. The molecule has 0 aliphatic rings. The van der Waals surface area contributed by atoms with Crippen LogP contribution >= 0.6 is 0 Å². The van der Waals surface area contributed by atoms with E-state index in [1.54, 1.807) is 0 Å². The third kappa shape index (κ3) is 156. The van der Waals surface area contributed by atoms with Crippen LogP contribution in [-0.2, 0) is 9.59 Å². The van der Waals surface area contributed by atoms with Crippen molar-refractivity contribution >= 4 is 11.9 Å². The molecule has 0 aromatic carbocycles. The van der Waals surface area contributed by atoms with Gasteiger partial charge in [0.05, 0.1) is 0 Å². The SMILES string of the molecule is C=C.C=C.C=C.C=C.C=C.O=C(O)CCCCC(=O)O. The summed E-state index contributed by atoms with van der Waals surface area (Å²) in [5.41, 5.74) is 0. The van der Waals surface area contributed by atoms with E-state index in [-0.39, 0.29) is 12.8 Å². The number of hydrogen-bond acceptors (Lipinski definition) is 2. The quantitative estimate of drug-likeness (QED) is 0.566. The van der Waals surface area contributed by atoms with Gasteiger partial charge in [0.1, 0.15) is 0 Å². The monoisotopic (exact) mass is 286 g/mol. The number of carbonyl (C=O) groups is 2. The molecule has 0 spiro atoms. The van der Waals surface area contributed by atoms with Crippen molar-refractivity contribution in [3.63, 3.8) is 0 Å². The Labute approximate surface area is 124 Å². The summed E-state index contributed by atoms with van der Waals surface area (Å²) in [5, 5.41) is 16.3. The predicted molar refractivity (Wildman–Crippen MR) is 90.0 cm³/mol. The Morgan fingerprint density at radius 3 is 0.800 bits per heavy atom. The van der Waals surface area contributed by atoms with Gasteiger partial charge in [-0.15, -0.1) is 65.8 Å². The van der Waals surface area contributed by atoms with Gasteiger partial charge in [0, 0.05) is 12.8 Å². The van der Waals surface area contributed by atoms with E-state index < -0.39 is 11.9 Å². The summed E-state index contributed by atoms with van der Waals surface area (Å²) in [6, 6.07) is 0. The van der Waals surface area contributed by atoms with Crippen LogP contribution in [0.4, 0.5) is 0 Å². The Balaban J connectivity index is -0.0000000412. The van der Waals surface area contributed by atoms with Gasteiger partial charge in [-0.2, -0.15) is 0 Å². The maximum atomic E-state index is 9.90. The summed E-state index contributed by atoms with van der Waals surface area (Å²) in [6.07, 6.45) is 1.02. The van der Waals surface area contributed by atoms with E-state index in [0.29, 0.717) is 12.8 Å². The van der Waals surface area contributed by atoms with Crippen molar-refractivity contribution in [1.82, 2.24) is 0 Å². The minimum atomic E-state index is -0.870. The molecule has 0 aromatic heterocycles. The first kappa shape index (κ1) is 36.0. The molecular formula is C16H30O4. The Morgan fingerprint density at radius 2 is 0.700 bits per heavy atom. The number of rotatable bonds is 5. The topological polar surface area (TPSA) is 74.6 Å². The van der Waals surface area contributed by atoms with Crippen LogP contribution in [-0.4, -0.2) is 22.2 Å². The van der Waals surface area contributed by atoms with Crippen molar-refractivity contribution in [2.45, 2.75) is 25.7 Å². The zero-order chi connectivity index (χ0) is 18.0. The average molecular weight is 286 g/mol. The molecule has 0 aliphatic heterocycles. The Bertz CT molecular complexity index is 163. The Morgan fingerprint density at radius 1 is 0.550 bits per heavy atom. The van der Waals surface area contributed by atoms with Gasteiger partial charge in [-0.05, 0) is 12.8 Å². The fourth-order valence-corrected chi connectivity index (χ4v) is 0.552. The average Bonchev–Trinajstić information content (AvgIpc) is 2.53. The zero-order valence-corrected chi connectivity index (χ0v) is 12.6. The highest BCUT2D eigenvalue weighted by Gasteiger charge is 1.99. The normalized spacial score (nSPS) is 5.60. The van der Waals surface area contributed by atoms with Gasteiger partial charge >= 0.3 is 11.9 Å². The predicted octanol–water partition coefficient (Wildman–Crippen LogP) is 4.73. The molecule has 4 heteroatoms. The summed E-state index contributed by atoms with van der Waals surface area (Å²) in [5.74, 6) is -1.74. The molecular weight excluding hydrogens is 256 g/mol. The molecule has 118 valence electrons. The molecule has 0 amide bonds. The third-order valence-electron chi connectivity index (χ3n) is 1.03. The van der Waals surface area contributed by atoms with Gasteiger partial charge in [0.2, 0.25) is 0 Å². The second kappa shape index (κ2) is 69.7. The summed E-state index contributed by atoms with van der Waals surface area (Å²) < 4.78 is 0. The molecule has 2 N–H and O–H groups in total. The van der Waals surface area contributed by atoms with E-state index in [0.717, 1.165) is 0 Å². The first-order valence-corrected chi connectivity index (χ1v) is 5.56. The number of hydrogen-bond donors (Lipinski definition) is 2. The van der Waals surface area contributed by atoms with Crippen molar-refractivity contribution in [2.24, 2.45) is 0 Å². The second-order valence-corrected chi connectivity index (χ2v) is 1.99. The highest BCUT2D eigenvalue weighted by molar-refractivity contribution is 5.67. The summed E-state index contributed by atoms with van der Waals surface area (Å²) in [7, 11) is 0. The molecule has 4 nitrogen and oxygen atoms in total. The van der Waals surface area contributed by atoms with Crippen molar-refractivity contribution < 1.29 is 19.8 Å². The van der Waals surface area contributed by atoms with Crippen LogP contribution in [0.2, 0.25) is 0 Å². The maximum absolute atomic E-state index is 9.90. The standard InChI is InChI=1S/C6H10O4.5C2H4/c7-5(8)3-1-2-4-6(9)10;5*1-2/h1-4H2,(H,7,8)(H,9,10);5*1-2H2. The van der Waals surface area contributed by atoms with Gasteiger partial charge in [-0.3, -0.25) is 9.59 Å². The van der Waals surface area contributed by atoms with Crippen LogP contribution in [0.25, 0.3) is 0 Å². The van der Waals surface area contributed by atoms with Crippen molar-refractivity contribution in [3.05, 3.63) is 65.8 Å². The van der Waals surface area contributed by atoms with Crippen LogP contribution in [0, 0.1) is 0 Å². The maximum Gasteiger partial charge on any atom is 0.303 e. The van der Waals surface area contributed by atoms with Crippen LogP contribution < -0.4 is 0 Å². The zero-order valence-electron chi connectivity index (χ0n) is 12.6. The van der Waals surface area contributed by atoms with Crippen LogP contribution in [0.5, 0.6) is 0 Å². The molecule has 0 fully saturated rings. The smallest absolute Gasteiger partial charge is 0.303 e. The number of aliphatic carboxylic acids is 2. The molecule has 0 saturated carbocycles. The fraction of sp³-hybridized carbons (Fsp3) is 0.250. The van der Waals surface area contributed by atoms with Gasteiger partial charge < -0.3 is 10.2 Å². The third-order valence-corrected chi connectivity index (χ3v) is 1.03. The van der Waals surface area contributed by atoms with E-state index in [9.17, 15) is 9.59 Å². The van der Waals surface area contributed by atoms with Crippen LogP contribution in [0.15, 0.2) is 65.8 Å². The molecule has 0 rings (SSSR count). The number of unbranched alkanes of at least 4 members (excludes halogenated alkanes) is 1. The molecule has 0 unspecified atom stereocenters. The minimum Gasteiger partial charge on any atom is -0.481 e. The van der Waals surface area contributed by atoms with Crippen LogP contribution in [0.3, 0.4) is 0 Å². The highest BCUT2D eigenvalue weighted by Crippen LogP contribution is 1.98. The summed E-state index contributed by atoms with van der Waals surface area (Å²) >= 11 is 0. The van der Waals surface area contributed by atoms with Crippen molar-refractivity contribution in [3.8, 4) is 0 Å². The lowest BCUT2D eigenvalue weighted by Gasteiger charge is -1.92. The first-order chi connectivity index (χ1) is 9.63. The molecule has 0 aliphatic carbocycles. The lowest BCUT2D eigenvalue weighted by atomic mass is 10.2. The second-order valence-electron chi connectivity index (χ2n) is 1.99. The summed E-state index contributed by atoms with van der Waals surface area (Å²) in [6.45, 7) is 30.0. The van der Waals surface area contributed by atoms with Gasteiger partial charge in [-0.1, -0.05) is 0 Å². The molecule has 0 atom stereocenters. The van der Waals surface area contributed by atoms with E-state index >= 15 is 0 Å². The molecule has 0 bridgehead atoms. The first-order valence-electron chi connectivity index (χ1n) is 5.56. The molecule has 0 aromatic rings. The van der Waals surface area contributed by atoms with Gasteiger partial charge in [0.15, 0.2) is 0 Å². The largest absolute Gasteiger partial charge is 0.481 e. The minimum absolute atomic E-state index is 0.0628. The summed E-state index contributed by atoms with van der Waals surface area (Å²) in [4.78, 5) is 19.8. The van der Waals surface area contributed by atoms with Gasteiger partial charge in [0.25, 0.3) is 0 Å². The Hall–Kier alpha value is -2.36. The molecule has 0 radical (unpaired) electrons. The fourth-order valence-electron chi connectivity index (χ4n) is 0.552. The lowest BCUT2D eigenvalue weighted by molar-refractivity contribution is -0.139. The van der Waals surface area contributed by atoms with Gasteiger partial charge in [-0.25, -0.2) is 0 Å². The Kier molecular flexibility index (Phi) is 126. The van der Waals surface area contributed by atoms with E-state index in [2.05, 4.69) is 65.8 Å². The lowest BCUT2D eigenvalue weighted by Crippen LogP contribution is -1.97. The molecule has 0 saturated heterocycles. The van der Waals surface area contributed by atoms with Crippen molar-refractivity contribution in [1.29, 1.82) is 0 Å².